The van der Waals surface area contributed by atoms with Crippen molar-refractivity contribution in [3.8, 4) is 0 Å². The van der Waals surface area contributed by atoms with Crippen LogP contribution in [0.4, 0.5) is 28.8 Å². The summed E-state index contributed by atoms with van der Waals surface area (Å²) in [7, 11) is 1.89. The summed E-state index contributed by atoms with van der Waals surface area (Å²) < 4.78 is 1.77. The Morgan fingerprint density at radius 1 is 0.785 bits per heavy atom. The number of carbonyl (C=O) groups is 5. The predicted molar refractivity (Wildman–Crippen MR) is 249 cm³/mol. The van der Waals surface area contributed by atoms with E-state index in [2.05, 4.69) is 74.9 Å². The molecule has 16 nitrogen and oxygen atoms in total. The lowest BCUT2D eigenvalue weighted by atomic mass is 9.90. The maximum absolute atomic E-state index is 13.8. The molecule has 0 radical (unpaired) electrons. The number of aryl methyl sites for hydroxylation is 3. The zero-order valence-electron chi connectivity index (χ0n) is 36.7. The smallest absolute Gasteiger partial charge is 0.262 e. The topological polar surface area (TPSA) is 178 Å². The molecule has 5 amide bonds. The molecule has 0 aliphatic carbocycles. The Hall–Kier alpha value is -6.75. The first kappa shape index (κ1) is 42.2. The SMILES string of the molecule is Cc1cccc(C)c1Nc1nn(C)c2nc(Nc3ccc4c(c3)CN(C(=S)C3CCN(C(=O)C5CCN(c6ccc7c(c6)C(=O)N(C6CCC(=O)NC6=O)C7=O)CC5)CC3)CC4)ncc12. The zero-order chi connectivity index (χ0) is 45.1. The van der Waals surface area contributed by atoms with Gasteiger partial charge in [-0.25, -0.2) is 9.67 Å². The highest BCUT2D eigenvalue weighted by atomic mass is 32.1. The van der Waals surface area contributed by atoms with Gasteiger partial charge in [0.1, 0.15) is 6.04 Å². The van der Waals surface area contributed by atoms with Crippen LogP contribution in [0.2, 0.25) is 0 Å². The van der Waals surface area contributed by atoms with E-state index >= 15 is 0 Å². The molecular formula is C48H51N11O5S. The third-order valence-corrected chi connectivity index (χ3v) is 14.5. The summed E-state index contributed by atoms with van der Waals surface area (Å²) in [5.74, 6) is -0.543. The van der Waals surface area contributed by atoms with Gasteiger partial charge < -0.3 is 25.3 Å². The number of para-hydroxylation sites is 1. The van der Waals surface area contributed by atoms with Crippen LogP contribution >= 0.6 is 12.2 Å². The Balaban J connectivity index is 0.712. The number of piperidine rings is 3. The van der Waals surface area contributed by atoms with Crippen LogP contribution in [0, 0.1) is 25.7 Å². The molecule has 2 aromatic heterocycles. The van der Waals surface area contributed by atoms with Gasteiger partial charge in [0.05, 0.1) is 21.5 Å². The quantitative estimate of drug-likeness (QED) is 0.128. The lowest BCUT2D eigenvalue weighted by molar-refractivity contribution is -0.138. The molecule has 10 rings (SSSR count). The lowest BCUT2D eigenvalue weighted by Crippen LogP contribution is -2.54. The minimum absolute atomic E-state index is 0.0715. The average Bonchev–Trinajstić information content (AvgIpc) is 3.76. The van der Waals surface area contributed by atoms with Crippen LogP contribution in [0.5, 0.6) is 0 Å². The first-order chi connectivity index (χ1) is 31.4. The van der Waals surface area contributed by atoms with Gasteiger partial charge in [-0.2, -0.15) is 10.1 Å². The normalized spacial score (nSPS) is 19.4. The number of amides is 5. The maximum Gasteiger partial charge on any atom is 0.262 e. The standard InChI is InChI=1S/C48H51N11O5S/c1-27-5-4-6-28(2)40(27)52-41-37-25-49-48(53-42(37)55(3)54-41)50-33-8-7-29-13-22-58(26-32(29)23-33)47(65)31-16-20-57(21-17-31)44(62)30-14-18-56(19-15-30)34-9-10-35-36(24-34)46(64)59(45(35)63)38-11-12-39(60)51-43(38)61/h4-10,23-25,30-31,38H,11-22,26H2,1-3H3,(H,52,54)(H,49,50,53)(H,51,60,61). The molecule has 3 aromatic carbocycles. The lowest BCUT2D eigenvalue weighted by Gasteiger charge is -2.40. The Morgan fingerprint density at radius 3 is 2.28 bits per heavy atom. The fourth-order valence-corrected chi connectivity index (χ4v) is 10.6. The second kappa shape index (κ2) is 17.0. The van der Waals surface area contributed by atoms with Crippen molar-refractivity contribution >= 4 is 86.6 Å². The van der Waals surface area contributed by atoms with Crippen molar-refractivity contribution in [3.05, 3.63) is 94.2 Å². The van der Waals surface area contributed by atoms with Crippen molar-refractivity contribution in [1.82, 2.24) is 39.8 Å². The number of hydrogen-bond acceptors (Lipinski definition) is 12. The average molecular weight is 894 g/mol. The monoisotopic (exact) mass is 893 g/mol. The van der Waals surface area contributed by atoms with E-state index in [-0.39, 0.29) is 41.7 Å². The van der Waals surface area contributed by atoms with E-state index in [0.717, 1.165) is 81.5 Å². The first-order valence-corrected chi connectivity index (χ1v) is 22.9. The van der Waals surface area contributed by atoms with Crippen LogP contribution < -0.4 is 20.9 Å². The van der Waals surface area contributed by atoms with E-state index < -0.39 is 29.7 Å². The summed E-state index contributed by atoms with van der Waals surface area (Å²) in [6.07, 6.45) is 5.94. The number of imide groups is 2. The van der Waals surface area contributed by atoms with Crippen LogP contribution in [0.25, 0.3) is 11.0 Å². The van der Waals surface area contributed by atoms with Crippen LogP contribution in [-0.2, 0) is 34.4 Å². The fraction of sp³-hybridized carbons (Fsp3) is 0.396. The predicted octanol–water partition coefficient (Wildman–Crippen LogP) is 5.71. The number of thiocarbonyl (C=S) groups is 1. The molecule has 7 heterocycles. The van der Waals surface area contributed by atoms with E-state index in [4.69, 9.17) is 22.3 Å². The van der Waals surface area contributed by atoms with Crippen molar-refractivity contribution < 1.29 is 24.0 Å². The summed E-state index contributed by atoms with van der Waals surface area (Å²) in [6.45, 7) is 8.38. The number of hydrogen-bond donors (Lipinski definition) is 3. The Labute approximate surface area is 381 Å². The van der Waals surface area contributed by atoms with E-state index in [1.54, 1.807) is 16.8 Å². The molecule has 0 spiro atoms. The van der Waals surface area contributed by atoms with E-state index in [0.29, 0.717) is 50.8 Å². The first-order valence-electron chi connectivity index (χ1n) is 22.5. The molecule has 65 heavy (non-hydrogen) atoms. The zero-order valence-corrected chi connectivity index (χ0v) is 37.5. The van der Waals surface area contributed by atoms with Crippen LogP contribution in [0.15, 0.2) is 60.8 Å². The summed E-state index contributed by atoms with van der Waals surface area (Å²) in [5.41, 5.74) is 8.78. The number of carbonyl (C=O) groups excluding carboxylic acids is 5. The van der Waals surface area contributed by atoms with Gasteiger partial charge in [-0.15, -0.1) is 0 Å². The van der Waals surface area contributed by atoms with E-state index in [1.165, 1.54) is 11.1 Å². The number of nitrogens with zero attached hydrogens (tertiary/aromatic N) is 8. The van der Waals surface area contributed by atoms with Crippen LogP contribution in [0.3, 0.4) is 0 Å². The summed E-state index contributed by atoms with van der Waals surface area (Å²) >= 11 is 6.15. The van der Waals surface area contributed by atoms with Crippen molar-refractivity contribution in [2.75, 3.05) is 48.3 Å². The number of benzene rings is 3. The Kier molecular flexibility index (Phi) is 11.0. The van der Waals surface area contributed by atoms with Crippen LogP contribution in [0.1, 0.15) is 81.5 Å². The summed E-state index contributed by atoms with van der Waals surface area (Å²) in [5, 5.41) is 14.7. The molecule has 17 heteroatoms. The number of nitrogens with one attached hydrogen (secondary N) is 3. The maximum atomic E-state index is 13.8. The molecule has 5 aliphatic heterocycles. The fourth-order valence-electron chi connectivity index (χ4n) is 10.2. The molecule has 0 saturated carbocycles. The van der Waals surface area contributed by atoms with Gasteiger partial charge >= 0.3 is 0 Å². The largest absolute Gasteiger partial charge is 0.371 e. The second-order valence-corrected chi connectivity index (χ2v) is 18.4. The van der Waals surface area contributed by atoms with Crippen molar-refractivity contribution in [2.24, 2.45) is 18.9 Å². The third-order valence-electron chi connectivity index (χ3n) is 13.9. The van der Waals surface area contributed by atoms with Gasteiger partial charge in [-0.05, 0) is 105 Å². The molecule has 334 valence electrons. The minimum Gasteiger partial charge on any atom is -0.371 e. The van der Waals surface area contributed by atoms with E-state index in [9.17, 15) is 24.0 Å². The number of anilines is 5. The minimum atomic E-state index is -1.00. The molecule has 3 fully saturated rings. The second-order valence-electron chi connectivity index (χ2n) is 18.0. The number of rotatable bonds is 8. The molecule has 1 unspecified atom stereocenters. The van der Waals surface area contributed by atoms with E-state index in [1.807, 2.05) is 30.3 Å². The highest BCUT2D eigenvalue weighted by Crippen LogP contribution is 2.35. The van der Waals surface area contributed by atoms with Crippen molar-refractivity contribution in [2.45, 2.75) is 71.4 Å². The van der Waals surface area contributed by atoms with Crippen molar-refractivity contribution in [1.29, 1.82) is 0 Å². The Morgan fingerprint density at radius 2 is 1.52 bits per heavy atom. The highest BCUT2D eigenvalue weighted by molar-refractivity contribution is 7.80. The van der Waals surface area contributed by atoms with Crippen LogP contribution in [-0.4, -0.2) is 108 Å². The number of likely N-dealkylation sites (tertiary alicyclic amines) is 1. The summed E-state index contributed by atoms with van der Waals surface area (Å²) in [6, 6.07) is 16.8. The number of fused-ring (bicyclic) bond motifs is 3. The van der Waals surface area contributed by atoms with Gasteiger partial charge in [-0.1, -0.05) is 36.5 Å². The molecule has 1 atom stereocenters. The van der Waals surface area contributed by atoms with Gasteiger partial charge in [0.15, 0.2) is 11.5 Å². The molecule has 3 N–H and O–H groups in total. The molecular weight excluding hydrogens is 843 g/mol. The molecule has 5 aromatic rings. The molecule has 5 aliphatic rings. The van der Waals surface area contributed by atoms with Gasteiger partial charge in [0, 0.05) is 87.8 Å². The van der Waals surface area contributed by atoms with Gasteiger partial charge in [0.2, 0.25) is 23.7 Å². The summed E-state index contributed by atoms with van der Waals surface area (Å²) in [4.78, 5) is 82.5. The number of aromatic nitrogens is 4. The van der Waals surface area contributed by atoms with Crippen molar-refractivity contribution in [3.63, 3.8) is 0 Å². The van der Waals surface area contributed by atoms with Gasteiger partial charge in [-0.3, -0.25) is 34.2 Å². The third kappa shape index (κ3) is 7.95. The van der Waals surface area contributed by atoms with Gasteiger partial charge in [0.25, 0.3) is 11.8 Å². The molecule has 0 bridgehead atoms. The molecule has 3 saturated heterocycles. The highest BCUT2D eigenvalue weighted by Gasteiger charge is 2.45. The Bertz CT molecular complexity index is 2790.